The van der Waals surface area contributed by atoms with E-state index in [0.717, 1.165) is 25.7 Å². The number of hydrogen-bond donors (Lipinski definition) is 1. The lowest BCUT2D eigenvalue weighted by atomic mass is 9.87. The summed E-state index contributed by atoms with van der Waals surface area (Å²) in [5.74, 6) is -1.34. The second kappa shape index (κ2) is 7.04. The van der Waals surface area contributed by atoms with Gasteiger partial charge in [-0.1, -0.05) is 6.07 Å². The molecule has 1 N–H and O–H groups in total. The molecule has 0 saturated heterocycles. The summed E-state index contributed by atoms with van der Waals surface area (Å²) in [6.07, 6.45) is 5.23. The highest BCUT2D eigenvalue weighted by molar-refractivity contribution is 5.92. The number of nitrogens with zero attached hydrogens (tertiary/aromatic N) is 2. The van der Waals surface area contributed by atoms with E-state index in [9.17, 15) is 14.9 Å². The van der Waals surface area contributed by atoms with Crippen LogP contribution in [-0.2, 0) is 9.53 Å². The van der Waals surface area contributed by atoms with Gasteiger partial charge in [-0.05, 0) is 51.7 Å². The number of rotatable bonds is 4. The first kappa shape index (κ1) is 17.1. The van der Waals surface area contributed by atoms with Gasteiger partial charge in [-0.25, -0.2) is 4.79 Å². The van der Waals surface area contributed by atoms with Gasteiger partial charge >= 0.3 is 5.97 Å². The van der Waals surface area contributed by atoms with E-state index in [1.807, 2.05) is 0 Å². The Morgan fingerprint density at radius 1 is 1.28 bits per heavy atom. The lowest BCUT2D eigenvalue weighted by molar-refractivity contribution is -0.431. The SMILES string of the molecule is CC1=C(C(=O)OC2CCCC2)C(c2ccccn2)C([N+](=O)[O-])=C(C)N1. The molecule has 0 aromatic carbocycles. The van der Waals surface area contributed by atoms with Crippen LogP contribution in [0.15, 0.2) is 47.1 Å². The van der Waals surface area contributed by atoms with Crippen molar-refractivity contribution in [2.75, 3.05) is 0 Å². The molecule has 0 spiro atoms. The summed E-state index contributed by atoms with van der Waals surface area (Å²) in [5, 5.41) is 14.6. The largest absolute Gasteiger partial charge is 0.459 e. The third kappa shape index (κ3) is 3.40. The van der Waals surface area contributed by atoms with Crippen LogP contribution in [-0.4, -0.2) is 22.0 Å². The molecule has 0 amide bonds. The molecule has 132 valence electrons. The molecule has 1 atom stereocenters. The van der Waals surface area contributed by atoms with Crippen molar-refractivity contribution in [2.45, 2.75) is 51.6 Å². The highest BCUT2D eigenvalue weighted by Gasteiger charge is 2.42. The zero-order valence-corrected chi connectivity index (χ0v) is 14.3. The molecule has 1 aromatic rings. The molecule has 2 aliphatic rings. The maximum absolute atomic E-state index is 12.8. The average Bonchev–Trinajstić information content (AvgIpc) is 3.07. The van der Waals surface area contributed by atoms with Crippen molar-refractivity contribution in [1.29, 1.82) is 0 Å². The second-order valence-corrected chi connectivity index (χ2v) is 6.43. The van der Waals surface area contributed by atoms with Gasteiger partial charge in [-0.15, -0.1) is 0 Å². The molecule has 1 fully saturated rings. The monoisotopic (exact) mass is 343 g/mol. The molecule has 2 heterocycles. The Balaban J connectivity index is 2.02. The van der Waals surface area contributed by atoms with E-state index < -0.39 is 16.8 Å². The Morgan fingerprint density at radius 3 is 2.60 bits per heavy atom. The number of nitro groups is 1. The summed E-state index contributed by atoms with van der Waals surface area (Å²) in [6.45, 7) is 3.37. The second-order valence-electron chi connectivity index (χ2n) is 6.43. The lowest BCUT2D eigenvalue weighted by Crippen LogP contribution is -2.33. The molecular weight excluding hydrogens is 322 g/mol. The summed E-state index contributed by atoms with van der Waals surface area (Å²) < 4.78 is 5.63. The van der Waals surface area contributed by atoms with Gasteiger partial charge in [0.15, 0.2) is 0 Å². The van der Waals surface area contributed by atoms with Crippen molar-refractivity contribution >= 4 is 5.97 Å². The predicted molar refractivity (Wildman–Crippen MR) is 90.9 cm³/mol. The zero-order chi connectivity index (χ0) is 18.0. The van der Waals surface area contributed by atoms with Crippen molar-refractivity contribution in [3.63, 3.8) is 0 Å². The van der Waals surface area contributed by atoms with Gasteiger partial charge in [-0.3, -0.25) is 15.1 Å². The number of hydrogen-bond acceptors (Lipinski definition) is 6. The number of pyridine rings is 1. The molecule has 1 aromatic heterocycles. The molecule has 1 aliphatic carbocycles. The van der Waals surface area contributed by atoms with E-state index in [2.05, 4.69) is 10.3 Å². The first-order valence-electron chi connectivity index (χ1n) is 8.44. The maximum Gasteiger partial charge on any atom is 0.337 e. The summed E-state index contributed by atoms with van der Waals surface area (Å²) >= 11 is 0. The summed E-state index contributed by atoms with van der Waals surface area (Å²) in [7, 11) is 0. The Labute approximate surface area is 145 Å². The van der Waals surface area contributed by atoms with Crippen LogP contribution < -0.4 is 5.32 Å². The average molecular weight is 343 g/mol. The molecule has 1 unspecified atom stereocenters. The van der Waals surface area contributed by atoms with E-state index in [1.165, 1.54) is 0 Å². The molecule has 1 aliphatic heterocycles. The summed E-state index contributed by atoms with van der Waals surface area (Å²) in [5.41, 5.74) is 1.65. The number of nitrogens with one attached hydrogen (secondary N) is 1. The summed E-state index contributed by atoms with van der Waals surface area (Å²) in [4.78, 5) is 28.3. The molecule has 7 heteroatoms. The number of ether oxygens (including phenoxy) is 1. The van der Waals surface area contributed by atoms with Gasteiger partial charge in [0, 0.05) is 11.9 Å². The molecule has 3 rings (SSSR count). The van der Waals surface area contributed by atoms with E-state index in [4.69, 9.17) is 4.74 Å². The topological polar surface area (TPSA) is 94.4 Å². The van der Waals surface area contributed by atoms with Gasteiger partial charge in [-0.2, -0.15) is 0 Å². The van der Waals surface area contributed by atoms with Crippen molar-refractivity contribution in [3.05, 3.63) is 62.9 Å². The number of esters is 1. The minimum Gasteiger partial charge on any atom is -0.459 e. The fourth-order valence-electron chi connectivity index (χ4n) is 3.55. The predicted octanol–water partition coefficient (Wildman–Crippen LogP) is 3.04. The van der Waals surface area contributed by atoms with Crippen LogP contribution in [0.25, 0.3) is 0 Å². The highest BCUT2D eigenvalue weighted by atomic mass is 16.6. The van der Waals surface area contributed by atoms with Crippen molar-refractivity contribution < 1.29 is 14.5 Å². The van der Waals surface area contributed by atoms with E-state index in [-0.39, 0.29) is 17.4 Å². The maximum atomic E-state index is 12.8. The molecule has 7 nitrogen and oxygen atoms in total. The number of carbonyl (C=O) groups excluding carboxylic acids is 1. The summed E-state index contributed by atoms with van der Waals surface area (Å²) in [6, 6.07) is 5.19. The van der Waals surface area contributed by atoms with Crippen molar-refractivity contribution in [2.24, 2.45) is 0 Å². The Bertz CT molecular complexity index is 749. The Kier molecular flexibility index (Phi) is 4.83. The van der Waals surface area contributed by atoms with Crippen LogP contribution >= 0.6 is 0 Å². The van der Waals surface area contributed by atoms with Gasteiger partial charge < -0.3 is 10.1 Å². The van der Waals surface area contributed by atoms with Crippen LogP contribution in [0.4, 0.5) is 0 Å². The van der Waals surface area contributed by atoms with Crippen LogP contribution in [0.1, 0.15) is 51.1 Å². The third-order valence-electron chi connectivity index (χ3n) is 4.70. The molecule has 0 radical (unpaired) electrons. The molecular formula is C18H21N3O4. The van der Waals surface area contributed by atoms with Gasteiger partial charge in [0.25, 0.3) is 5.70 Å². The van der Waals surface area contributed by atoms with E-state index >= 15 is 0 Å². The van der Waals surface area contributed by atoms with Gasteiger partial charge in [0.2, 0.25) is 0 Å². The normalized spacial score (nSPS) is 21.3. The minimum absolute atomic E-state index is 0.0670. The Hall–Kier alpha value is -2.70. The van der Waals surface area contributed by atoms with Crippen molar-refractivity contribution in [1.82, 2.24) is 10.3 Å². The van der Waals surface area contributed by atoms with Crippen LogP contribution in [0, 0.1) is 10.1 Å². The van der Waals surface area contributed by atoms with Crippen LogP contribution in [0.2, 0.25) is 0 Å². The van der Waals surface area contributed by atoms with Crippen LogP contribution in [0.3, 0.4) is 0 Å². The number of aromatic nitrogens is 1. The molecule has 25 heavy (non-hydrogen) atoms. The van der Waals surface area contributed by atoms with Gasteiger partial charge in [0.05, 0.1) is 21.9 Å². The number of allylic oxidation sites excluding steroid dienone is 3. The first-order valence-corrected chi connectivity index (χ1v) is 8.44. The fourth-order valence-corrected chi connectivity index (χ4v) is 3.55. The standard InChI is InChI=1S/C18H21N3O4/c1-11-15(18(22)25-13-7-3-4-8-13)16(14-9-5-6-10-19-14)17(21(23)24)12(2)20-11/h5-6,9-10,13,16,20H,3-4,7-8H2,1-2H3. The van der Waals surface area contributed by atoms with Crippen LogP contribution in [0.5, 0.6) is 0 Å². The quantitative estimate of drug-likeness (QED) is 0.513. The smallest absolute Gasteiger partial charge is 0.337 e. The fraction of sp³-hybridized carbons (Fsp3) is 0.444. The third-order valence-corrected chi connectivity index (χ3v) is 4.70. The number of dihydropyridines is 1. The van der Waals surface area contributed by atoms with Gasteiger partial charge in [0.1, 0.15) is 12.0 Å². The highest BCUT2D eigenvalue weighted by Crippen LogP contribution is 2.38. The Morgan fingerprint density at radius 2 is 2.00 bits per heavy atom. The minimum atomic E-state index is -0.841. The van der Waals surface area contributed by atoms with E-state index in [1.54, 1.807) is 38.2 Å². The van der Waals surface area contributed by atoms with Crippen molar-refractivity contribution in [3.8, 4) is 0 Å². The zero-order valence-electron chi connectivity index (χ0n) is 14.3. The number of carbonyl (C=O) groups is 1. The lowest BCUT2D eigenvalue weighted by Gasteiger charge is -2.26. The molecule has 1 saturated carbocycles. The molecule has 0 bridgehead atoms. The first-order chi connectivity index (χ1) is 12.0. The van der Waals surface area contributed by atoms with E-state index in [0.29, 0.717) is 17.1 Å².